The molecular weight excluding hydrogens is 536 g/mol. The van der Waals surface area contributed by atoms with Crippen LogP contribution in [0.4, 0.5) is 0 Å². The predicted molar refractivity (Wildman–Crippen MR) is 166 cm³/mol. The van der Waals surface area contributed by atoms with Gasteiger partial charge in [0.05, 0.1) is 5.56 Å². The zero-order chi connectivity index (χ0) is 29.7. The summed E-state index contributed by atoms with van der Waals surface area (Å²) in [7, 11) is 0. The largest absolute Gasteiger partial charge is 0.508 e. The first-order valence-corrected chi connectivity index (χ1v) is 15.0. The predicted octanol–water partition coefficient (Wildman–Crippen LogP) is 4.82. The van der Waals surface area contributed by atoms with Gasteiger partial charge in [0.15, 0.2) is 5.82 Å². The van der Waals surface area contributed by atoms with E-state index in [1.165, 1.54) is 18.1 Å². The van der Waals surface area contributed by atoms with E-state index in [0.29, 0.717) is 29.2 Å². The van der Waals surface area contributed by atoms with Crippen molar-refractivity contribution in [2.45, 2.75) is 64.7 Å². The Morgan fingerprint density at radius 2 is 1.68 bits per heavy atom. The highest BCUT2D eigenvalue weighted by molar-refractivity contribution is 7.81. The summed E-state index contributed by atoms with van der Waals surface area (Å²) in [5, 5.41) is 32.4. The third-order valence-electron chi connectivity index (χ3n) is 7.54. The number of carbonyl (C=O) groups excluding carboxylic acids is 1. The van der Waals surface area contributed by atoms with E-state index in [2.05, 4.69) is 63.9 Å². The summed E-state index contributed by atoms with van der Waals surface area (Å²) < 4.78 is 1.75. The Morgan fingerprint density at radius 1 is 1.02 bits per heavy atom. The number of carbonyl (C=O) groups is 1. The number of phenols is 2. The van der Waals surface area contributed by atoms with Crippen molar-refractivity contribution in [3.05, 3.63) is 53.3 Å². The summed E-state index contributed by atoms with van der Waals surface area (Å²) >= 11 is 4.64. The van der Waals surface area contributed by atoms with Gasteiger partial charge >= 0.3 is 0 Å². The van der Waals surface area contributed by atoms with Crippen molar-refractivity contribution in [3.8, 4) is 28.6 Å². The van der Waals surface area contributed by atoms with Crippen LogP contribution in [0.25, 0.3) is 17.1 Å². The Hall–Kier alpha value is -3.08. The second kappa shape index (κ2) is 13.3. The van der Waals surface area contributed by atoms with Crippen molar-refractivity contribution >= 4 is 18.5 Å². The molecule has 0 radical (unpaired) electrons. The van der Waals surface area contributed by atoms with Gasteiger partial charge in [0.2, 0.25) is 5.82 Å². The standard InChI is InChI=1S/C31H44N6O3S/c1-6-32-30(40)29-34-33-28(25-18-24(21(2)3)26(38)19-27(25)39)37(29)23-10-8-22(9-11-23)20-36-16-14-35(15-17-36)13-7-12-31(4,5)41/h8-11,18-19,21,38-39,41H,6-7,12-17,20H2,1-5H3,(H,32,40). The minimum Gasteiger partial charge on any atom is -0.508 e. The van der Waals surface area contributed by atoms with E-state index in [0.717, 1.165) is 45.7 Å². The highest BCUT2D eigenvalue weighted by Crippen LogP contribution is 2.38. The van der Waals surface area contributed by atoms with Crippen molar-refractivity contribution < 1.29 is 15.0 Å². The van der Waals surface area contributed by atoms with Crippen LogP contribution in [0.2, 0.25) is 0 Å². The number of nitrogens with one attached hydrogen (secondary N) is 1. The molecule has 1 aliphatic rings. The number of amides is 1. The summed E-state index contributed by atoms with van der Waals surface area (Å²) in [6, 6.07) is 11.1. The van der Waals surface area contributed by atoms with Crippen molar-refractivity contribution in [3.63, 3.8) is 0 Å². The van der Waals surface area contributed by atoms with Crippen molar-refractivity contribution in [2.75, 3.05) is 39.3 Å². The zero-order valence-corrected chi connectivity index (χ0v) is 25.8. The minimum absolute atomic E-state index is 0.0167. The first-order chi connectivity index (χ1) is 19.5. The van der Waals surface area contributed by atoms with E-state index in [1.807, 2.05) is 32.9 Å². The molecule has 3 aromatic rings. The molecule has 222 valence electrons. The van der Waals surface area contributed by atoms with Crippen LogP contribution in [0.5, 0.6) is 11.5 Å². The van der Waals surface area contributed by atoms with Crippen LogP contribution in [0.15, 0.2) is 36.4 Å². The SMILES string of the molecule is CCNC(=O)c1nnc(-c2cc(C(C)C)c(O)cc2O)n1-c1ccc(CN2CCN(CCCC(C)(C)S)CC2)cc1. The average Bonchev–Trinajstić information content (AvgIpc) is 3.34. The molecule has 2 heterocycles. The summed E-state index contributed by atoms with van der Waals surface area (Å²) in [6.07, 6.45) is 2.28. The van der Waals surface area contributed by atoms with Crippen LogP contribution >= 0.6 is 12.6 Å². The monoisotopic (exact) mass is 580 g/mol. The van der Waals surface area contributed by atoms with Crippen LogP contribution in [-0.2, 0) is 6.54 Å². The lowest BCUT2D eigenvalue weighted by atomic mass is 9.98. The van der Waals surface area contributed by atoms with Crippen LogP contribution in [-0.4, -0.2) is 84.7 Å². The number of aromatic nitrogens is 3. The molecule has 1 fully saturated rings. The summed E-state index contributed by atoms with van der Waals surface area (Å²) in [5.74, 6) is 0.0148. The van der Waals surface area contributed by atoms with Gasteiger partial charge in [0, 0.05) is 55.8 Å². The number of thiol groups is 1. The van der Waals surface area contributed by atoms with Crippen LogP contribution < -0.4 is 5.32 Å². The van der Waals surface area contributed by atoms with Gasteiger partial charge in [-0.15, -0.1) is 10.2 Å². The maximum atomic E-state index is 12.9. The molecule has 0 unspecified atom stereocenters. The lowest BCUT2D eigenvalue weighted by Crippen LogP contribution is -2.46. The lowest BCUT2D eigenvalue weighted by molar-refractivity contribution is 0.0943. The number of rotatable bonds is 11. The third kappa shape index (κ3) is 7.81. The number of hydrogen-bond donors (Lipinski definition) is 4. The number of aromatic hydroxyl groups is 2. The molecule has 0 atom stereocenters. The van der Waals surface area contributed by atoms with E-state index in [1.54, 1.807) is 10.6 Å². The number of benzene rings is 2. The maximum Gasteiger partial charge on any atom is 0.289 e. The normalized spacial score (nSPS) is 15.0. The van der Waals surface area contributed by atoms with Gasteiger partial charge in [-0.2, -0.15) is 12.6 Å². The van der Waals surface area contributed by atoms with Crippen molar-refractivity contribution in [2.24, 2.45) is 0 Å². The van der Waals surface area contributed by atoms with Crippen molar-refractivity contribution in [1.82, 2.24) is 29.9 Å². The Bertz CT molecular complexity index is 1320. The number of piperazine rings is 1. The molecule has 3 N–H and O–H groups in total. The summed E-state index contributed by atoms with van der Waals surface area (Å²) in [6.45, 7) is 16.7. The Morgan fingerprint density at radius 3 is 2.29 bits per heavy atom. The lowest BCUT2D eigenvalue weighted by Gasteiger charge is -2.35. The van der Waals surface area contributed by atoms with Gasteiger partial charge in [0.1, 0.15) is 11.5 Å². The topological polar surface area (TPSA) is 107 Å². The van der Waals surface area contributed by atoms with E-state index in [-0.39, 0.29) is 33.9 Å². The van der Waals surface area contributed by atoms with Crippen molar-refractivity contribution in [1.29, 1.82) is 0 Å². The number of nitrogens with zero attached hydrogens (tertiary/aromatic N) is 5. The molecular formula is C31H44N6O3S. The molecule has 1 saturated heterocycles. The third-order valence-corrected chi connectivity index (χ3v) is 7.76. The number of hydrogen-bond acceptors (Lipinski definition) is 8. The second-order valence-corrected chi connectivity index (χ2v) is 13.0. The molecule has 0 spiro atoms. The molecule has 1 amide bonds. The quantitative estimate of drug-likeness (QED) is 0.241. The molecule has 0 aliphatic carbocycles. The van der Waals surface area contributed by atoms with Crippen LogP contribution in [0, 0.1) is 0 Å². The molecule has 4 rings (SSSR count). The van der Waals surface area contributed by atoms with E-state index in [9.17, 15) is 15.0 Å². The highest BCUT2D eigenvalue weighted by Gasteiger charge is 2.24. The Kier molecular flexibility index (Phi) is 9.99. The summed E-state index contributed by atoms with van der Waals surface area (Å²) in [5.41, 5.74) is 2.97. The number of phenolic OH excluding ortho intramolecular Hbond substituents is 2. The molecule has 2 aromatic carbocycles. The minimum atomic E-state index is -0.353. The highest BCUT2D eigenvalue weighted by atomic mass is 32.1. The van der Waals surface area contributed by atoms with E-state index < -0.39 is 0 Å². The molecule has 9 nitrogen and oxygen atoms in total. The van der Waals surface area contributed by atoms with Gasteiger partial charge < -0.3 is 20.4 Å². The summed E-state index contributed by atoms with van der Waals surface area (Å²) in [4.78, 5) is 17.9. The first-order valence-electron chi connectivity index (χ1n) is 14.5. The molecule has 10 heteroatoms. The molecule has 1 aliphatic heterocycles. The van der Waals surface area contributed by atoms with Gasteiger partial charge in [-0.3, -0.25) is 14.3 Å². The van der Waals surface area contributed by atoms with Gasteiger partial charge in [0.25, 0.3) is 5.91 Å². The van der Waals surface area contributed by atoms with E-state index in [4.69, 9.17) is 0 Å². The second-order valence-electron chi connectivity index (χ2n) is 11.8. The first kappa shape index (κ1) is 30.9. The fourth-order valence-electron chi connectivity index (χ4n) is 5.24. The van der Waals surface area contributed by atoms with Crippen LogP contribution in [0.1, 0.15) is 75.1 Å². The van der Waals surface area contributed by atoms with Gasteiger partial charge in [-0.25, -0.2) is 0 Å². The molecule has 0 saturated carbocycles. The molecule has 41 heavy (non-hydrogen) atoms. The van der Waals surface area contributed by atoms with Gasteiger partial charge in [-0.05, 0) is 61.6 Å². The average molecular weight is 581 g/mol. The Balaban J connectivity index is 1.53. The molecule has 0 bridgehead atoms. The molecule has 1 aromatic heterocycles. The zero-order valence-electron chi connectivity index (χ0n) is 24.9. The maximum absolute atomic E-state index is 12.9. The fraction of sp³-hybridized carbons (Fsp3) is 0.516. The van der Waals surface area contributed by atoms with Crippen LogP contribution in [0.3, 0.4) is 0 Å². The fourth-order valence-corrected chi connectivity index (χ4v) is 5.40. The van der Waals surface area contributed by atoms with E-state index >= 15 is 0 Å². The Labute approximate surface area is 249 Å². The smallest absolute Gasteiger partial charge is 0.289 e. The van der Waals surface area contributed by atoms with Gasteiger partial charge in [-0.1, -0.05) is 39.8 Å².